The van der Waals surface area contributed by atoms with E-state index in [1.54, 1.807) is 18.2 Å². The van der Waals surface area contributed by atoms with Gasteiger partial charge in [0.2, 0.25) is 5.91 Å². The van der Waals surface area contributed by atoms with Crippen LogP contribution in [0.15, 0.2) is 30.3 Å². The number of carbonyl (C=O) groups is 1. The van der Waals surface area contributed by atoms with Crippen LogP contribution >= 0.6 is 11.6 Å². The van der Waals surface area contributed by atoms with Gasteiger partial charge in [0.15, 0.2) is 0 Å². The zero-order valence-corrected chi connectivity index (χ0v) is 9.92. The van der Waals surface area contributed by atoms with Gasteiger partial charge in [-0.15, -0.1) is 0 Å². The molecule has 2 N–H and O–H groups in total. The lowest BCUT2D eigenvalue weighted by Crippen LogP contribution is -2.28. The van der Waals surface area contributed by atoms with Crippen molar-refractivity contribution in [2.24, 2.45) is 0 Å². The van der Waals surface area contributed by atoms with Crippen LogP contribution in [0.25, 0.3) is 6.08 Å². The molecule has 16 heavy (non-hydrogen) atoms. The lowest BCUT2D eigenvalue weighted by Gasteiger charge is -2.00. The molecule has 0 aliphatic rings. The molecule has 0 aromatic heterocycles. The molecule has 0 aliphatic heterocycles. The first-order valence-electron chi connectivity index (χ1n) is 5.08. The fourth-order valence-electron chi connectivity index (χ4n) is 1.12. The monoisotopic (exact) mass is 238 g/mol. The van der Waals surface area contributed by atoms with Gasteiger partial charge in [0, 0.05) is 24.2 Å². The molecule has 0 heterocycles. The third-order valence-corrected chi connectivity index (χ3v) is 2.22. The summed E-state index contributed by atoms with van der Waals surface area (Å²) < 4.78 is 0. The van der Waals surface area contributed by atoms with Gasteiger partial charge >= 0.3 is 0 Å². The highest BCUT2D eigenvalue weighted by atomic mass is 35.5. The maximum Gasteiger partial charge on any atom is 0.244 e. The van der Waals surface area contributed by atoms with Crippen LogP contribution in [0.5, 0.6) is 0 Å². The van der Waals surface area contributed by atoms with E-state index in [1.165, 1.54) is 6.08 Å². The van der Waals surface area contributed by atoms with Gasteiger partial charge in [-0.3, -0.25) is 4.79 Å². The Morgan fingerprint density at radius 1 is 1.31 bits per heavy atom. The molecule has 0 saturated heterocycles. The molecule has 0 spiro atoms. The zero-order chi connectivity index (χ0) is 11.8. The summed E-state index contributed by atoms with van der Waals surface area (Å²) in [4.78, 5) is 11.3. The SMILES string of the molecule is CNCCNC(=O)C=Cc1ccc(Cl)cc1. The largest absolute Gasteiger partial charge is 0.351 e. The first kappa shape index (κ1) is 12.7. The van der Waals surface area contributed by atoms with Crippen molar-refractivity contribution in [1.29, 1.82) is 0 Å². The Bertz CT molecular complexity index is 360. The Morgan fingerprint density at radius 3 is 2.62 bits per heavy atom. The third-order valence-electron chi connectivity index (χ3n) is 1.97. The summed E-state index contributed by atoms with van der Waals surface area (Å²) in [6.07, 6.45) is 3.27. The van der Waals surface area contributed by atoms with E-state index in [2.05, 4.69) is 10.6 Å². The van der Waals surface area contributed by atoms with Gasteiger partial charge in [0.25, 0.3) is 0 Å². The molecular formula is C12H15ClN2O. The van der Waals surface area contributed by atoms with Gasteiger partial charge in [-0.1, -0.05) is 23.7 Å². The van der Waals surface area contributed by atoms with E-state index in [-0.39, 0.29) is 5.91 Å². The minimum atomic E-state index is -0.0924. The number of nitrogens with one attached hydrogen (secondary N) is 2. The summed E-state index contributed by atoms with van der Waals surface area (Å²) in [5, 5.41) is 6.39. The van der Waals surface area contributed by atoms with Crippen LogP contribution in [-0.2, 0) is 4.79 Å². The van der Waals surface area contributed by atoms with Crippen LogP contribution in [0.3, 0.4) is 0 Å². The topological polar surface area (TPSA) is 41.1 Å². The normalized spacial score (nSPS) is 10.6. The number of rotatable bonds is 5. The average molecular weight is 239 g/mol. The summed E-state index contributed by atoms with van der Waals surface area (Å²) >= 11 is 5.75. The number of carbonyl (C=O) groups excluding carboxylic acids is 1. The molecule has 0 unspecified atom stereocenters. The number of halogens is 1. The first-order valence-corrected chi connectivity index (χ1v) is 5.46. The maximum absolute atomic E-state index is 11.3. The smallest absolute Gasteiger partial charge is 0.244 e. The predicted octanol–water partition coefficient (Wildman–Crippen LogP) is 1.69. The molecule has 0 fully saturated rings. The van der Waals surface area contributed by atoms with Crippen LogP contribution in [-0.4, -0.2) is 26.0 Å². The van der Waals surface area contributed by atoms with E-state index in [9.17, 15) is 4.79 Å². The van der Waals surface area contributed by atoms with Crippen molar-refractivity contribution in [2.45, 2.75) is 0 Å². The number of hydrogen-bond donors (Lipinski definition) is 2. The van der Waals surface area contributed by atoms with Crippen LogP contribution in [0.2, 0.25) is 5.02 Å². The highest BCUT2D eigenvalue weighted by molar-refractivity contribution is 6.30. The van der Waals surface area contributed by atoms with Gasteiger partial charge in [0.1, 0.15) is 0 Å². The summed E-state index contributed by atoms with van der Waals surface area (Å²) in [5.41, 5.74) is 0.952. The van der Waals surface area contributed by atoms with Crippen molar-refractivity contribution in [1.82, 2.24) is 10.6 Å². The average Bonchev–Trinajstić information content (AvgIpc) is 2.29. The molecule has 1 amide bonds. The molecule has 1 rings (SSSR count). The molecule has 0 bridgehead atoms. The van der Waals surface area contributed by atoms with Gasteiger partial charge in [0.05, 0.1) is 0 Å². The number of amides is 1. The fraction of sp³-hybridized carbons (Fsp3) is 0.250. The number of hydrogen-bond acceptors (Lipinski definition) is 2. The van der Waals surface area contributed by atoms with Crippen molar-refractivity contribution >= 4 is 23.6 Å². The lowest BCUT2D eigenvalue weighted by atomic mass is 10.2. The van der Waals surface area contributed by atoms with Crippen molar-refractivity contribution in [2.75, 3.05) is 20.1 Å². The summed E-state index contributed by atoms with van der Waals surface area (Å²) in [7, 11) is 1.84. The third kappa shape index (κ3) is 4.96. The van der Waals surface area contributed by atoms with Crippen LogP contribution < -0.4 is 10.6 Å². The van der Waals surface area contributed by atoms with E-state index in [0.29, 0.717) is 11.6 Å². The van der Waals surface area contributed by atoms with Crippen molar-refractivity contribution < 1.29 is 4.79 Å². The second-order valence-corrected chi connectivity index (χ2v) is 3.72. The van der Waals surface area contributed by atoms with Gasteiger partial charge < -0.3 is 10.6 Å². The van der Waals surface area contributed by atoms with E-state index in [1.807, 2.05) is 19.2 Å². The molecule has 4 heteroatoms. The highest BCUT2D eigenvalue weighted by Crippen LogP contribution is 2.10. The van der Waals surface area contributed by atoms with Crippen molar-refractivity contribution in [3.63, 3.8) is 0 Å². The molecule has 3 nitrogen and oxygen atoms in total. The van der Waals surface area contributed by atoms with Crippen LogP contribution in [0.4, 0.5) is 0 Å². The Hall–Kier alpha value is -1.32. The molecule has 0 atom stereocenters. The summed E-state index contributed by atoms with van der Waals surface area (Å²) in [6.45, 7) is 1.39. The number of likely N-dealkylation sites (N-methyl/N-ethyl adjacent to an activating group) is 1. The Labute approximate surface area is 100 Å². The molecular weight excluding hydrogens is 224 g/mol. The van der Waals surface area contributed by atoms with E-state index < -0.39 is 0 Å². The Morgan fingerprint density at radius 2 is 2.00 bits per heavy atom. The second-order valence-electron chi connectivity index (χ2n) is 3.28. The van der Waals surface area contributed by atoms with Gasteiger partial charge in [-0.25, -0.2) is 0 Å². The minimum absolute atomic E-state index is 0.0924. The van der Waals surface area contributed by atoms with Crippen molar-refractivity contribution in [3.05, 3.63) is 40.9 Å². The fourth-order valence-corrected chi connectivity index (χ4v) is 1.24. The second kappa shape index (κ2) is 7.04. The molecule has 0 aliphatic carbocycles. The summed E-state index contributed by atoms with van der Waals surface area (Å²) in [6, 6.07) is 7.31. The Kier molecular flexibility index (Phi) is 5.61. The molecule has 0 saturated carbocycles. The van der Waals surface area contributed by atoms with E-state index in [4.69, 9.17) is 11.6 Å². The minimum Gasteiger partial charge on any atom is -0.351 e. The summed E-state index contributed by atoms with van der Waals surface area (Å²) in [5.74, 6) is -0.0924. The molecule has 0 radical (unpaired) electrons. The van der Waals surface area contributed by atoms with Crippen LogP contribution in [0.1, 0.15) is 5.56 Å². The Balaban J connectivity index is 2.41. The first-order chi connectivity index (χ1) is 7.72. The number of benzene rings is 1. The molecule has 86 valence electrons. The standard InChI is InChI=1S/C12H15ClN2O/c1-14-8-9-15-12(16)7-4-10-2-5-11(13)6-3-10/h2-7,14H,8-9H2,1H3,(H,15,16). The molecule has 1 aromatic rings. The quantitative estimate of drug-likeness (QED) is 0.606. The maximum atomic E-state index is 11.3. The van der Waals surface area contributed by atoms with Gasteiger partial charge in [-0.2, -0.15) is 0 Å². The molecule has 1 aromatic carbocycles. The zero-order valence-electron chi connectivity index (χ0n) is 9.16. The predicted molar refractivity (Wildman–Crippen MR) is 67.4 cm³/mol. The van der Waals surface area contributed by atoms with Crippen molar-refractivity contribution in [3.8, 4) is 0 Å². The lowest BCUT2D eigenvalue weighted by molar-refractivity contribution is -0.116. The van der Waals surface area contributed by atoms with E-state index in [0.717, 1.165) is 12.1 Å². The van der Waals surface area contributed by atoms with Gasteiger partial charge in [-0.05, 0) is 30.8 Å². The van der Waals surface area contributed by atoms with E-state index >= 15 is 0 Å². The highest BCUT2D eigenvalue weighted by Gasteiger charge is 1.93. The van der Waals surface area contributed by atoms with Crippen LogP contribution in [0, 0.1) is 0 Å².